The summed E-state index contributed by atoms with van der Waals surface area (Å²) < 4.78 is 0. The van der Waals surface area contributed by atoms with Crippen molar-refractivity contribution in [2.24, 2.45) is 10.6 Å². The molecule has 2 heteroatoms. The normalized spacial score (nSPS) is 30.8. The van der Waals surface area contributed by atoms with E-state index in [0.717, 1.165) is 0 Å². The molecular formula is C9H15NO. The van der Waals surface area contributed by atoms with Gasteiger partial charge in [0.15, 0.2) is 0 Å². The van der Waals surface area contributed by atoms with Crippen molar-refractivity contribution in [3.63, 3.8) is 0 Å². The van der Waals surface area contributed by atoms with Gasteiger partial charge in [-0.05, 0) is 25.7 Å². The lowest BCUT2D eigenvalue weighted by atomic mass is 9.66. The second kappa shape index (κ2) is 2.50. The Labute approximate surface area is 67.6 Å². The van der Waals surface area contributed by atoms with Gasteiger partial charge in [0.1, 0.15) is 7.11 Å². The summed E-state index contributed by atoms with van der Waals surface area (Å²) in [4.78, 5) is 4.82. The van der Waals surface area contributed by atoms with Crippen molar-refractivity contribution in [3.8, 4) is 0 Å². The predicted octanol–water partition coefficient (Wildman–Crippen LogP) is 2.34. The van der Waals surface area contributed by atoms with Crippen molar-refractivity contribution < 1.29 is 4.84 Å². The van der Waals surface area contributed by atoms with E-state index in [9.17, 15) is 0 Å². The molecule has 0 amide bonds. The number of oxime groups is 1. The van der Waals surface area contributed by atoms with Crippen LogP contribution < -0.4 is 0 Å². The minimum Gasteiger partial charge on any atom is -0.399 e. The fraction of sp³-hybridized carbons (Fsp3) is 0.889. The zero-order valence-corrected chi connectivity index (χ0v) is 7.10. The summed E-state index contributed by atoms with van der Waals surface area (Å²) in [6, 6.07) is 0. The van der Waals surface area contributed by atoms with Crippen molar-refractivity contribution >= 4 is 5.71 Å². The van der Waals surface area contributed by atoms with E-state index in [1.54, 1.807) is 7.11 Å². The quantitative estimate of drug-likeness (QED) is 0.530. The highest BCUT2D eigenvalue weighted by molar-refractivity contribution is 5.95. The van der Waals surface area contributed by atoms with Gasteiger partial charge in [-0.3, -0.25) is 0 Å². The van der Waals surface area contributed by atoms with E-state index in [4.69, 9.17) is 4.84 Å². The van der Waals surface area contributed by atoms with Gasteiger partial charge in [-0.1, -0.05) is 18.0 Å². The molecule has 0 heterocycles. The van der Waals surface area contributed by atoms with Crippen LogP contribution in [0, 0.1) is 5.41 Å². The maximum absolute atomic E-state index is 4.82. The Balaban J connectivity index is 2.09. The summed E-state index contributed by atoms with van der Waals surface area (Å²) in [5, 5.41) is 4.08. The fourth-order valence-electron chi connectivity index (χ4n) is 2.43. The molecule has 2 saturated carbocycles. The molecule has 62 valence electrons. The largest absolute Gasteiger partial charge is 0.399 e. The van der Waals surface area contributed by atoms with Crippen molar-refractivity contribution in [1.29, 1.82) is 0 Å². The van der Waals surface area contributed by atoms with Gasteiger partial charge in [0, 0.05) is 5.41 Å². The Hall–Kier alpha value is -0.530. The average molecular weight is 153 g/mol. The van der Waals surface area contributed by atoms with E-state index in [2.05, 4.69) is 5.16 Å². The number of hydrogen-bond donors (Lipinski definition) is 0. The van der Waals surface area contributed by atoms with Gasteiger partial charge >= 0.3 is 0 Å². The maximum Gasteiger partial charge on any atom is 0.106 e. The molecule has 2 rings (SSSR count). The molecule has 0 aromatic rings. The molecule has 0 atom stereocenters. The molecule has 0 radical (unpaired) electrons. The molecule has 0 aromatic carbocycles. The van der Waals surface area contributed by atoms with E-state index in [-0.39, 0.29) is 0 Å². The molecule has 0 saturated heterocycles. The first kappa shape index (κ1) is 7.14. The first-order valence-electron chi connectivity index (χ1n) is 4.48. The van der Waals surface area contributed by atoms with Crippen LogP contribution in [0.15, 0.2) is 5.16 Å². The van der Waals surface area contributed by atoms with Crippen LogP contribution in [-0.4, -0.2) is 12.8 Å². The topological polar surface area (TPSA) is 21.6 Å². The first-order valence-corrected chi connectivity index (χ1v) is 4.48. The Morgan fingerprint density at radius 3 is 2.45 bits per heavy atom. The van der Waals surface area contributed by atoms with E-state index in [0.29, 0.717) is 5.41 Å². The molecule has 2 aliphatic rings. The zero-order valence-electron chi connectivity index (χ0n) is 7.10. The molecule has 0 bridgehead atoms. The highest BCUT2D eigenvalue weighted by Crippen LogP contribution is 2.51. The lowest BCUT2D eigenvalue weighted by Gasteiger charge is -2.39. The molecule has 0 unspecified atom stereocenters. The third kappa shape index (κ3) is 0.959. The van der Waals surface area contributed by atoms with Crippen molar-refractivity contribution in [2.45, 2.75) is 38.5 Å². The molecule has 1 spiro atoms. The van der Waals surface area contributed by atoms with Gasteiger partial charge in [0.05, 0.1) is 5.71 Å². The Kier molecular flexibility index (Phi) is 1.63. The fourth-order valence-corrected chi connectivity index (χ4v) is 2.43. The summed E-state index contributed by atoms with van der Waals surface area (Å²) in [5.74, 6) is 0. The summed E-state index contributed by atoms with van der Waals surface area (Å²) in [7, 11) is 1.65. The smallest absolute Gasteiger partial charge is 0.106 e. The highest BCUT2D eigenvalue weighted by atomic mass is 16.6. The second-order valence-corrected chi connectivity index (χ2v) is 3.71. The molecule has 0 aromatic heterocycles. The Morgan fingerprint density at radius 2 is 2.00 bits per heavy atom. The molecule has 0 aliphatic heterocycles. The van der Waals surface area contributed by atoms with Crippen LogP contribution in [-0.2, 0) is 4.84 Å². The molecule has 2 fully saturated rings. The van der Waals surface area contributed by atoms with E-state index < -0.39 is 0 Å². The number of hydrogen-bond acceptors (Lipinski definition) is 2. The van der Waals surface area contributed by atoms with Crippen LogP contribution in [0.3, 0.4) is 0 Å². The Bertz CT molecular complexity index is 180. The van der Waals surface area contributed by atoms with E-state index in [1.165, 1.54) is 44.2 Å². The van der Waals surface area contributed by atoms with Gasteiger partial charge in [-0.2, -0.15) is 0 Å². The minimum atomic E-state index is 0.510. The van der Waals surface area contributed by atoms with Crippen LogP contribution in [0.1, 0.15) is 38.5 Å². The van der Waals surface area contributed by atoms with Gasteiger partial charge in [-0.25, -0.2) is 0 Å². The van der Waals surface area contributed by atoms with Gasteiger partial charge in [-0.15, -0.1) is 0 Å². The van der Waals surface area contributed by atoms with Crippen molar-refractivity contribution in [1.82, 2.24) is 0 Å². The van der Waals surface area contributed by atoms with Crippen LogP contribution >= 0.6 is 0 Å². The lowest BCUT2D eigenvalue weighted by molar-refractivity contribution is 0.195. The van der Waals surface area contributed by atoms with E-state index >= 15 is 0 Å². The zero-order chi connectivity index (χ0) is 7.73. The average Bonchev–Trinajstić information content (AvgIpc) is 2.48. The standard InChI is InChI=1S/C9H15NO/c1-11-10-8-4-7-9(8)5-2-3-6-9/h2-7H2,1H3/b10-8-. The predicted molar refractivity (Wildman–Crippen MR) is 44.6 cm³/mol. The monoisotopic (exact) mass is 153 g/mol. The van der Waals surface area contributed by atoms with Crippen LogP contribution in [0.4, 0.5) is 0 Å². The second-order valence-electron chi connectivity index (χ2n) is 3.71. The van der Waals surface area contributed by atoms with Gasteiger partial charge in [0.25, 0.3) is 0 Å². The molecule has 11 heavy (non-hydrogen) atoms. The summed E-state index contributed by atoms with van der Waals surface area (Å²) in [5.41, 5.74) is 1.84. The van der Waals surface area contributed by atoms with Crippen molar-refractivity contribution in [2.75, 3.05) is 7.11 Å². The summed E-state index contributed by atoms with van der Waals surface area (Å²) >= 11 is 0. The third-order valence-corrected chi connectivity index (χ3v) is 3.21. The molecule has 2 nitrogen and oxygen atoms in total. The molecule has 2 aliphatic carbocycles. The molecular weight excluding hydrogens is 138 g/mol. The third-order valence-electron chi connectivity index (χ3n) is 3.21. The van der Waals surface area contributed by atoms with Crippen LogP contribution in [0.2, 0.25) is 0 Å². The van der Waals surface area contributed by atoms with Gasteiger partial charge < -0.3 is 4.84 Å². The first-order chi connectivity index (χ1) is 5.37. The maximum atomic E-state index is 4.82. The summed E-state index contributed by atoms with van der Waals surface area (Å²) in [6.45, 7) is 0. The lowest BCUT2D eigenvalue weighted by Crippen LogP contribution is -2.38. The SMILES string of the molecule is CO/N=C1/CCC12CCCC2. The summed E-state index contributed by atoms with van der Waals surface area (Å²) in [6.07, 6.45) is 8.03. The van der Waals surface area contributed by atoms with Crippen LogP contribution in [0.25, 0.3) is 0 Å². The number of nitrogens with zero attached hydrogens (tertiary/aromatic N) is 1. The highest BCUT2D eigenvalue weighted by Gasteiger charge is 2.45. The van der Waals surface area contributed by atoms with Gasteiger partial charge in [0.2, 0.25) is 0 Å². The molecule has 0 N–H and O–H groups in total. The van der Waals surface area contributed by atoms with Crippen LogP contribution in [0.5, 0.6) is 0 Å². The number of rotatable bonds is 1. The minimum absolute atomic E-state index is 0.510. The Morgan fingerprint density at radius 1 is 1.27 bits per heavy atom. The van der Waals surface area contributed by atoms with Crippen molar-refractivity contribution in [3.05, 3.63) is 0 Å². The van der Waals surface area contributed by atoms with E-state index in [1.807, 2.05) is 0 Å².